The van der Waals surface area contributed by atoms with Gasteiger partial charge in [-0.1, -0.05) is 55.0 Å². The molecule has 0 unspecified atom stereocenters. The van der Waals surface area contributed by atoms with Gasteiger partial charge in [0.2, 0.25) is 0 Å². The number of aromatic nitrogens is 1. The zero-order valence-corrected chi connectivity index (χ0v) is 27.5. The number of rotatable bonds is 4. The number of amides is 1. The second kappa shape index (κ2) is 19.2. The van der Waals surface area contributed by atoms with Gasteiger partial charge in [-0.05, 0) is 114 Å². The number of hydrogen-bond acceptors (Lipinski definition) is 6. The number of hydrogen-bond donors (Lipinski definition) is 3. The monoisotopic (exact) mass is 592 g/mol. The van der Waals surface area contributed by atoms with Crippen molar-refractivity contribution < 1.29 is 9.90 Å². The summed E-state index contributed by atoms with van der Waals surface area (Å²) in [6.45, 7) is 13.6. The van der Waals surface area contributed by atoms with Gasteiger partial charge >= 0.3 is 0 Å². The van der Waals surface area contributed by atoms with Crippen LogP contribution in [0.4, 0.5) is 5.82 Å². The summed E-state index contributed by atoms with van der Waals surface area (Å²) < 4.78 is 0. The van der Waals surface area contributed by atoms with Gasteiger partial charge in [-0.25, -0.2) is 4.98 Å². The predicted molar refractivity (Wildman–Crippen MR) is 181 cm³/mol. The van der Waals surface area contributed by atoms with Gasteiger partial charge in [-0.15, -0.1) is 0 Å². The van der Waals surface area contributed by atoms with Crippen LogP contribution in [-0.4, -0.2) is 60.4 Å². The van der Waals surface area contributed by atoms with Crippen LogP contribution in [-0.2, 0) is 6.54 Å². The lowest BCUT2D eigenvalue weighted by atomic mass is 10.00. The van der Waals surface area contributed by atoms with E-state index in [1.54, 1.807) is 18.5 Å². The first-order valence-electron chi connectivity index (χ1n) is 15.2. The number of piperidine rings is 2. The number of carbonyl (C=O) groups excluding carboxylic acids is 1. The van der Waals surface area contributed by atoms with Crippen LogP contribution < -0.4 is 10.2 Å². The molecule has 0 saturated carbocycles. The first kappa shape index (κ1) is 35.2. The maximum atomic E-state index is 12.4. The first-order chi connectivity index (χ1) is 20.2. The Morgan fingerprint density at radius 1 is 0.929 bits per heavy atom. The van der Waals surface area contributed by atoms with Crippen molar-refractivity contribution >= 4 is 24.4 Å². The Bertz CT molecular complexity index is 1160. The van der Waals surface area contributed by atoms with Crippen molar-refractivity contribution in [2.24, 2.45) is 5.92 Å². The van der Waals surface area contributed by atoms with Crippen LogP contribution in [0, 0.1) is 26.7 Å². The van der Waals surface area contributed by atoms with Crippen LogP contribution in [0.3, 0.4) is 0 Å². The van der Waals surface area contributed by atoms with Crippen molar-refractivity contribution in [2.75, 3.05) is 44.4 Å². The number of benzene rings is 2. The van der Waals surface area contributed by atoms with Crippen molar-refractivity contribution in [3.05, 3.63) is 88.6 Å². The Balaban J connectivity index is 0.000000278. The van der Waals surface area contributed by atoms with Gasteiger partial charge in [0.25, 0.3) is 5.91 Å². The van der Waals surface area contributed by atoms with E-state index < -0.39 is 0 Å². The fourth-order valence-electron chi connectivity index (χ4n) is 4.82. The van der Waals surface area contributed by atoms with E-state index in [0.717, 1.165) is 41.5 Å². The number of phenols is 1. The van der Waals surface area contributed by atoms with Crippen molar-refractivity contribution in [3.8, 4) is 5.75 Å². The molecule has 2 aliphatic heterocycles. The Hall–Kier alpha value is -3.03. The van der Waals surface area contributed by atoms with E-state index in [1.807, 2.05) is 50.2 Å². The summed E-state index contributed by atoms with van der Waals surface area (Å²) in [5.41, 5.74) is 4.94. The highest BCUT2D eigenvalue weighted by atomic mass is 32.1. The number of para-hydroxylation sites is 1. The van der Waals surface area contributed by atoms with E-state index in [9.17, 15) is 4.79 Å². The Morgan fingerprint density at radius 3 is 2.07 bits per heavy atom. The van der Waals surface area contributed by atoms with Crippen molar-refractivity contribution in [1.82, 2.24) is 15.2 Å². The Kier molecular flexibility index (Phi) is 16.1. The fraction of sp³-hybridized carbons (Fsp3) is 0.486. The molecule has 5 rings (SSSR count). The van der Waals surface area contributed by atoms with Crippen LogP contribution in [0.1, 0.15) is 71.6 Å². The molecule has 2 aliphatic rings. The molecule has 1 aromatic heterocycles. The van der Waals surface area contributed by atoms with Crippen LogP contribution in [0.25, 0.3) is 0 Å². The van der Waals surface area contributed by atoms with Gasteiger partial charge in [-0.3, -0.25) is 4.79 Å². The molecule has 6 nitrogen and oxygen atoms in total. The lowest BCUT2D eigenvalue weighted by Crippen LogP contribution is -2.31. The van der Waals surface area contributed by atoms with E-state index in [1.165, 1.54) is 50.8 Å². The molecule has 0 spiro atoms. The number of aryl methyl sites for hydroxylation is 3. The van der Waals surface area contributed by atoms with Crippen molar-refractivity contribution in [1.29, 1.82) is 0 Å². The van der Waals surface area contributed by atoms with Gasteiger partial charge in [0.1, 0.15) is 11.6 Å². The van der Waals surface area contributed by atoms with E-state index in [0.29, 0.717) is 17.9 Å². The van der Waals surface area contributed by atoms with Crippen LogP contribution in [0.5, 0.6) is 5.75 Å². The topological polar surface area (TPSA) is 68.7 Å². The molecule has 0 bridgehead atoms. The summed E-state index contributed by atoms with van der Waals surface area (Å²) in [5.74, 6) is 2.29. The number of phenolic OH excluding ortho intramolecular Hbond substituents is 1. The molecule has 1 amide bonds. The molecular formula is C35H52N4O2S. The standard InChI is InChI=1S/C20H25N3O.C7H15N.C7H8O.CH4S/c1-15-6-8-17(9-7-15)13-22-20(24)18-12-16(2)19(21-14-18)23-10-4-3-5-11-23;1-7-3-5-8(2)6-4-7;1-6-4-2-3-5-7(6)8;1-2/h6-9,12,14H,3-5,10-11,13H2,1-2H3,(H,22,24);7H,3-6H2,1-2H3;2-5,8H,1H3;2H,1H3. The zero-order chi connectivity index (χ0) is 30.9. The first-order valence-corrected chi connectivity index (χ1v) is 16.1. The van der Waals surface area contributed by atoms with E-state index >= 15 is 0 Å². The quantitative estimate of drug-likeness (QED) is 0.279. The van der Waals surface area contributed by atoms with E-state index in [-0.39, 0.29) is 5.91 Å². The number of carbonyl (C=O) groups is 1. The molecule has 2 saturated heterocycles. The summed E-state index contributed by atoms with van der Waals surface area (Å²) >= 11 is 3.53. The zero-order valence-electron chi connectivity index (χ0n) is 26.6. The second-order valence-electron chi connectivity index (χ2n) is 11.4. The summed E-state index contributed by atoms with van der Waals surface area (Å²) in [6.07, 6.45) is 9.93. The van der Waals surface area contributed by atoms with Crippen LogP contribution in [0.15, 0.2) is 60.8 Å². The number of nitrogens with one attached hydrogen (secondary N) is 1. The molecule has 3 aromatic rings. The largest absolute Gasteiger partial charge is 0.508 e. The lowest BCUT2D eigenvalue weighted by molar-refractivity contribution is 0.0950. The van der Waals surface area contributed by atoms with Gasteiger partial charge in [-0.2, -0.15) is 12.6 Å². The highest BCUT2D eigenvalue weighted by Gasteiger charge is 2.16. The number of pyridine rings is 1. The smallest absolute Gasteiger partial charge is 0.253 e. The maximum Gasteiger partial charge on any atom is 0.253 e. The van der Waals surface area contributed by atoms with Crippen molar-refractivity contribution in [3.63, 3.8) is 0 Å². The summed E-state index contributed by atoms with van der Waals surface area (Å²) in [7, 11) is 2.20. The van der Waals surface area contributed by atoms with Gasteiger partial charge < -0.3 is 20.2 Å². The number of anilines is 1. The summed E-state index contributed by atoms with van der Waals surface area (Å²) in [6, 6.07) is 17.4. The second-order valence-corrected chi connectivity index (χ2v) is 11.4. The molecule has 0 atom stereocenters. The number of thiol groups is 1. The molecule has 0 aliphatic carbocycles. The molecule has 0 radical (unpaired) electrons. The molecule has 3 heterocycles. The molecule has 7 heteroatoms. The SMILES string of the molecule is CC1CCN(C)CC1.CS.Cc1ccc(CNC(=O)c2cnc(N3CCCCC3)c(C)c2)cc1.Cc1ccccc1O. The molecule has 2 fully saturated rings. The Morgan fingerprint density at radius 2 is 1.55 bits per heavy atom. The van der Waals surface area contributed by atoms with Crippen LogP contribution >= 0.6 is 12.6 Å². The van der Waals surface area contributed by atoms with Gasteiger partial charge in [0.15, 0.2) is 0 Å². The minimum Gasteiger partial charge on any atom is -0.508 e. The fourth-order valence-corrected chi connectivity index (χ4v) is 4.82. The molecule has 42 heavy (non-hydrogen) atoms. The Labute approximate surface area is 260 Å². The highest BCUT2D eigenvalue weighted by Crippen LogP contribution is 2.22. The third-order valence-electron chi connectivity index (χ3n) is 7.66. The minimum absolute atomic E-state index is 0.0728. The average molecular weight is 593 g/mol. The van der Waals surface area contributed by atoms with E-state index in [2.05, 4.69) is 65.8 Å². The number of nitrogens with zero attached hydrogens (tertiary/aromatic N) is 3. The summed E-state index contributed by atoms with van der Waals surface area (Å²) in [5, 5.41) is 11.9. The molecule has 2 aromatic carbocycles. The molecular weight excluding hydrogens is 540 g/mol. The minimum atomic E-state index is -0.0728. The molecule has 2 N–H and O–H groups in total. The third-order valence-corrected chi connectivity index (χ3v) is 7.66. The number of aromatic hydroxyl groups is 1. The van der Waals surface area contributed by atoms with Gasteiger partial charge in [0.05, 0.1) is 5.56 Å². The van der Waals surface area contributed by atoms with E-state index in [4.69, 9.17) is 5.11 Å². The number of likely N-dealkylation sites (tertiary alicyclic amines) is 1. The summed E-state index contributed by atoms with van der Waals surface area (Å²) in [4.78, 5) is 21.6. The highest BCUT2D eigenvalue weighted by molar-refractivity contribution is 7.79. The predicted octanol–water partition coefficient (Wildman–Crippen LogP) is 7.21. The van der Waals surface area contributed by atoms with Crippen molar-refractivity contribution in [2.45, 2.75) is 66.3 Å². The molecule has 230 valence electrons. The lowest BCUT2D eigenvalue weighted by Gasteiger charge is -2.29. The normalized spacial score (nSPS) is 15.2. The maximum absolute atomic E-state index is 12.4. The van der Waals surface area contributed by atoms with Gasteiger partial charge in [0, 0.05) is 25.8 Å². The third kappa shape index (κ3) is 12.5. The average Bonchev–Trinajstić information content (AvgIpc) is 3.02. The van der Waals surface area contributed by atoms with Crippen LogP contribution in [0.2, 0.25) is 0 Å².